The fourth-order valence-corrected chi connectivity index (χ4v) is 1.27. The van der Waals surface area contributed by atoms with Crippen molar-refractivity contribution in [2.24, 2.45) is 0 Å². The number of nitriles is 1. The quantitative estimate of drug-likeness (QED) is 0.490. The fraction of sp³-hybridized carbons (Fsp3) is 0.273. The van der Waals surface area contributed by atoms with E-state index in [2.05, 4.69) is 5.32 Å². The van der Waals surface area contributed by atoms with Gasteiger partial charge in [-0.15, -0.1) is 0 Å². The van der Waals surface area contributed by atoms with Crippen molar-refractivity contribution < 1.29 is 14.1 Å². The second-order valence-corrected chi connectivity index (χ2v) is 3.44. The molecule has 0 atom stereocenters. The van der Waals surface area contributed by atoms with Gasteiger partial charge in [0.25, 0.3) is 11.6 Å². The van der Waals surface area contributed by atoms with Crippen LogP contribution in [-0.4, -0.2) is 17.4 Å². The first-order valence-electron chi connectivity index (χ1n) is 5.15. The molecule has 0 bridgehead atoms. The largest absolute Gasteiger partial charge is 0.352 e. The van der Waals surface area contributed by atoms with E-state index in [0.717, 1.165) is 12.1 Å². The first kappa shape index (κ1) is 13.6. The normalized spacial score (nSPS) is 9.56. The molecule has 0 unspecified atom stereocenters. The number of nitro benzene ring substituents is 1. The summed E-state index contributed by atoms with van der Waals surface area (Å²) in [5.41, 5.74) is -0.661. The molecule has 0 aliphatic rings. The first-order chi connectivity index (χ1) is 8.56. The van der Waals surface area contributed by atoms with Crippen molar-refractivity contribution in [1.82, 2.24) is 5.32 Å². The molecule has 1 aromatic rings. The first-order valence-corrected chi connectivity index (χ1v) is 5.15. The van der Waals surface area contributed by atoms with E-state index in [4.69, 9.17) is 5.26 Å². The van der Waals surface area contributed by atoms with Crippen molar-refractivity contribution in [3.05, 3.63) is 39.7 Å². The summed E-state index contributed by atoms with van der Waals surface area (Å²) in [6.45, 7) is 0.253. The summed E-state index contributed by atoms with van der Waals surface area (Å²) in [5, 5.41) is 21.1. The summed E-state index contributed by atoms with van der Waals surface area (Å²) < 4.78 is 13.4. The maximum atomic E-state index is 13.4. The number of non-ortho nitro benzene ring substituents is 1. The van der Waals surface area contributed by atoms with Crippen LogP contribution in [0.2, 0.25) is 0 Å². The van der Waals surface area contributed by atoms with E-state index in [-0.39, 0.29) is 12.1 Å². The zero-order valence-electron chi connectivity index (χ0n) is 9.35. The van der Waals surface area contributed by atoms with Crippen LogP contribution < -0.4 is 5.32 Å². The smallest absolute Gasteiger partial charge is 0.272 e. The van der Waals surface area contributed by atoms with E-state index in [1.165, 1.54) is 0 Å². The summed E-state index contributed by atoms with van der Waals surface area (Å²) in [7, 11) is 0. The van der Waals surface area contributed by atoms with Gasteiger partial charge in [0.15, 0.2) is 0 Å². The van der Waals surface area contributed by atoms with Crippen LogP contribution in [0.3, 0.4) is 0 Å². The topological polar surface area (TPSA) is 96.0 Å². The second kappa shape index (κ2) is 6.30. The Morgan fingerprint density at radius 3 is 2.83 bits per heavy atom. The molecule has 0 radical (unpaired) electrons. The number of amides is 1. The molecule has 18 heavy (non-hydrogen) atoms. The molecule has 0 heterocycles. The van der Waals surface area contributed by atoms with Crippen LogP contribution in [-0.2, 0) is 0 Å². The standard InChI is InChI=1S/C11H10FN3O3/c12-10-7-8(15(17)18)3-4-9(10)11(16)14-6-2-1-5-13/h3-4,7H,1-2,6H2,(H,14,16). The number of unbranched alkanes of at least 4 members (excludes halogenated alkanes) is 1. The Kier molecular flexibility index (Phi) is 4.75. The lowest BCUT2D eigenvalue weighted by atomic mass is 10.1. The monoisotopic (exact) mass is 251 g/mol. The Morgan fingerprint density at radius 1 is 1.56 bits per heavy atom. The number of hydrogen-bond donors (Lipinski definition) is 1. The van der Waals surface area contributed by atoms with Crippen LogP contribution in [0.1, 0.15) is 23.2 Å². The van der Waals surface area contributed by atoms with Crippen LogP contribution in [0.5, 0.6) is 0 Å². The molecule has 94 valence electrons. The number of nitro groups is 1. The highest BCUT2D eigenvalue weighted by atomic mass is 19.1. The number of carbonyl (C=O) groups is 1. The predicted octanol–water partition coefficient (Wildman–Crippen LogP) is 1.77. The summed E-state index contributed by atoms with van der Waals surface area (Å²) >= 11 is 0. The molecule has 1 amide bonds. The molecular formula is C11H10FN3O3. The maximum absolute atomic E-state index is 13.4. The van der Waals surface area contributed by atoms with Crippen LogP contribution >= 0.6 is 0 Å². The number of halogens is 1. The van der Waals surface area contributed by atoms with E-state index in [1.807, 2.05) is 6.07 Å². The molecule has 1 rings (SSSR count). The maximum Gasteiger partial charge on any atom is 0.272 e. The van der Waals surface area contributed by atoms with E-state index in [0.29, 0.717) is 18.9 Å². The number of nitrogens with one attached hydrogen (secondary N) is 1. The van der Waals surface area contributed by atoms with Gasteiger partial charge in [-0.25, -0.2) is 4.39 Å². The van der Waals surface area contributed by atoms with Gasteiger partial charge < -0.3 is 5.32 Å². The Balaban J connectivity index is 2.69. The van der Waals surface area contributed by atoms with Crippen LogP contribution in [0.15, 0.2) is 18.2 Å². The van der Waals surface area contributed by atoms with E-state index < -0.39 is 22.3 Å². The van der Waals surface area contributed by atoms with Crippen LogP contribution in [0, 0.1) is 27.3 Å². The Morgan fingerprint density at radius 2 is 2.28 bits per heavy atom. The van der Waals surface area contributed by atoms with E-state index in [1.54, 1.807) is 0 Å². The van der Waals surface area contributed by atoms with Gasteiger partial charge >= 0.3 is 0 Å². The van der Waals surface area contributed by atoms with Crippen molar-refractivity contribution in [3.63, 3.8) is 0 Å². The van der Waals surface area contributed by atoms with Crippen molar-refractivity contribution in [3.8, 4) is 6.07 Å². The molecule has 7 heteroatoms. The summed E-state index contributed by atoms with van der Waals surface area (Å²) in [4.78, 5) is 21.2. The molecule has 0 aliphatic carbocycles. The van der Waals surface area contributed by atoms with Crippen LogP contribution in [0.4, 0.5) is 10.1 Å². The van der Waals surface area contributed by atoms with Gasteiger partial charge in [-0.2, -0.15) is 5.26 Å². The molecule has 0 spiro atoms. The third kappa shape index (κ3) is 3.52. The summed E-state index contributed by atoms with van der Waals surface area (Å²) in [6, 6.07) is 4.74. The Hall–Kier alpha value is -2.49. The summed E-state index contributed by atoms with van der Waals surface area (Å²) in [6.07, 6.45) is 0.764. The Bertz CT molecular complexity index is 511. The van der Waals surface area contributed by atoms with Crippen molar-refractivity contribution in [1.29, 1.82) is 5.26 Å². The Labute approximate surface area is 102 Å². The third-order valence-electron chi connectivity index (χ3n) is 2.16. The molecule has 0 aromatic heterocycles. The highest BCUT2D eigenvalue weighted by molar-refractivity contribution is 5.94. The minimum absolute atomic E-state index is 0.252. The molecular weight excluding hydrogens is 241 g/mol. The van der Waals surface area contributed by atoms with Gasteiger partial charge in [0.05, 0.1) is 22.6 Å². The summed E-state index contributed by atoms with van der Waals surface area (Å²) in [5.74, 6) is -1.60. The molecule has 0 saturated carbocycles. The van der Waals surface area contributed by atoms with E-state index in [9.17, 15) is 19.3 Å². The van der Waals surface area contributed by atoms with Crippen LogP contribution in [0.25, 0.3) is 0 Å². The van der Waals surface area contributed by atoms with Gasteiger partial charge in [-0.05, 0) is 12.5 Å². The van der Waals surface area contributed by atoms with E-state index >= 15 is 0 Å². The average Bonchev–Trinajstić information content (AvgIpc) is 2.34. The molecule has 1 N–H and O–H groups in total. The molecule has 0 saturated heterocycles. The predicted molar refractivity (Wildman–Crippen MR) is 60.2 cm³/mol. The SMILES string of the molecule is N#CCCCNC(=O)c1ccc([N+](=O)[O-])cc1F. The number of benzene rings is 1. The van der Waals surface area contributed by atoms with Gasteiger partial charge in [-0.3, -0.25) is 14.9 Å². The highest BCUT2D eigenvalue weighted by Gasteiger charge is 2.15. The molecule has 1 aromatic carbocycles. The second-order valence-electron chi connectivity index (χ2n) is 3.44. The lowest BCUT2D eigenvalue weighted by Gasteiger charge is -2.04. The molecule has 6 nitrogen and oxygen atoms in total. The zero-order chi connectivity index (χ0) is 13.5. The number of rotatable bonds is 5. The average molecular weight is 251 g/mol. The fourth-order valence-electron chi connectivity index (χ4n) is 1.27. The van der Waals surface area contributed by atoms with Gasteiger partial charge in [0.2, 0.25) is 0 Å². The van der Waals surface area contributed by atoms with Gasteiger partial charge in [-0.1, -0.05) is 0 Å². The number of nitrogens with zero attached hydrogens (tertiary/aromatic N) is 2. The minimum atomic E-state index is -0.943. The van der Waals surface area contributed by atoms with Crippen molar-refractivity contribution in [2.75, 3.05) is 6.54 Å². The number of hydrogen-bond acceptors (Lipinski definition) is 4. The van der Waals surface area contributed by atoms with Gasteiger partial charge in [0, 0.05) is 19.0 Å². The van der Waals surface area contributed by atoms with Crippen molar-refractivity contribution in [2.45, 2.75) is 12.8 Å². The molecule has 0 fully saturated rings. The lowest BCUT2D eigenvalue weighted by molar-refractivity contribution is -0.385. The highest BCUT2D eigenvalue weighted by Crippen LogP contribution is 2.16. The van der Waals surface area contributed by atoms with Crippen molar-refractivity contribution >= 4 is 11.6 Å². The van der Waals surface area contributed by atoms with Gasteiger partial charge in [0.1, 0.15) is 5.82 Å². The number of carbonyl (C=O) groups excluding carboxylic acids is 1. The molecule has 0 aliphatic heterocycles. The lowest BCUT2D eigenvalue weighted by Crippen LogP contribution is -2.25. The zero-order valence-corrected chi connectivity index (χ0v) is 9.35. The third-order valence-corrected chi connectivity index (χ3v) is 2.16. The minimum Gasteiger partial charge on any atom is -0.352 e.